The van der Waals surface area contributed by atoms with Crippen molar-refractivity contribution in [2.24, 2.45) is 4.99 Å². The monoisotopic (exact) mass is 199 g/mol. The van der Waals surface area contributed by atoms with E-state index in [0.717, 1.165) is 11.3 Å². The zero-order valence-electron chi connectivity index (χ0n) is 9.16. The summed E-state index contributed by atoms with van der Waals surface area (Å²) in [5, 5.41) is 0. The number of carbonyl (C=O) groups excluding carboxylic acids is 1. The second-order valence-electron chi connectivity index (χ2n) is 4.22. The van der Waals surface area contributed by atoms with E-state index in [1.54, 1.807) is 0 Å². The quantitative estimate of drug-likeness (QED) is 0.388. The van der Waals surface area contributed by atoms with Crippen LogP contribution in [0.2, 0.25) is 0 Å². The first-order valence-corrected chi connectivity index (χ1v) is 4.73. The van der Waals surface area contributed by atoms with Gasteiger partial charge in [0.1, 0.15) is 0 Å². The number of rotatable bonds is 1. The van der Waals surface area contributed by atoms with E-state index in [2.05, 4.69) is 37.4 Å². The maximum Gasteiger partial charge on any atom is 0.187 e. The summed E-state index contributed by atoms with van der Waals surface area (Å²) in [6.07, 6.45) is 0. The maximum atomic E-state index is 9.92. The molecule has 1 aromatic carbocycles. The van der Waals surface area contributed by atoms with Crippen LogP contribution in [0.15, 0.2) is 35.0 Å². The summed E-state index contributed by atoms with van der Waals surface area (Å²) >= 11 is 0. The number of hydrogen-bond acceptors (Lipinski definition) is 2. The SMILES string of the molecule is CC(C)(C)c1ccccc1N=C=C=C=O. The Morgan fingerprint density at radius 1 is 1.20 bits per heavy atom. The zero-order chi connectivity index (χ0) is 11.3. The zero-order valence-corrected chi connectivity index (χ0v) is 9.16. The van der Waals surface area contributed by atoms with Gasteiger partial charge in [-0.3, -0.25) is 0 Å². The van der Waals surface area contributed by atoms with Crippen LogP contribution >= 0.6 is 0 Å². The molecule has 0 aromatic heterocycles. The van der Waals surface area contributed by atoms with Crippen LogP contribution in [0.3, 0.4) is 0 Å². The summed E-state index contributed by atoms with van der Waals surface area (Å²) < 4.78 is 0. The topological polar surface area (TPSA) is 29.4 Å². The second-order valence-corrected chi connectivity index (χ2v) is 4.22. The number of hydrogen-bond donors (Lipinski definition) is 0. The molecule has 0 aliphatic rings. The van der Waals surface area contributed by atoms with E-state index in [4.69, 9.17) is 0 Å². The van der Waals surface area contributed by atoms with Crippen LogP contribution in [0.25, 0.3) is 0 Å². The average Bonchev–Trinajstić information content (AvgIpc) is 2.17. The Kier molecular flexibility index (Phi) is 3.44. The highest BCUT2D eigenvalue weighted by Crippen LogP contribution is 2.30. The van der Waals surface area contributed by atoms with Gasteiger partial charge in [0, 0.05) is 5.73 Å². The van der Waals surface area contributed by atoms with Gasteiger partial charge in [-0.1, -0.05) is 39.0 Å². The van der Waals surface area contributed by atoms with Crippen molar-refractivity contribution >= 4 is 17.5 Å². The normalized spacial score (nSPS) is 9.80. The molecule has 0 heterocycles. The molecule has 0 saturated heterocycles. The summed E-state index contributed by atoms with van der Waals surface area (Å²) in [7, 11) is 0. The third kappa shape index (κ3) is 3.09. The molecule has 2 heteroatoms. The Labute approximate surface area is 89.7 Å². The maximum absolute atomic E-state index is 9.92. The van der Waals surface area contributed by atoms with Crippen molar-refractivity contribution in [2.75, 3.05) is 0 Å². The highest BCUT2D eigenvalue weighted by Gasteiger charge is 2.16. The highest BCUT2D eigenvalue weighted by atomic mass is 16.1. The van der Waals surface area contributed by atoms with Gasteiger partial charge in [0.2, 0.25) is 0 Å². The van der Waals surface area contributed by atoms with Gasteiger partial charge in [-0.05, 0) is 17.0 Å². The standard InChI is InChI=1S/C13H13NO/c1-13(2,3)11-7-4-5-8-12(11)14-9-6-10-15/h4-5,7-8H,1-3H3. The summed E-state index contributed by atoms with van der Waals surface area (Å²) in [5.74, 6) is 3.91. The molecule has 0 aliphatic carbocycles. The first-order valence-electron chi connectivity index (χ1n) is 4.73. The van der Waals surface area contributed by atoms with Gasteiger partial charge in [-0.25, -0.2) is 4.79 Å². The van der Waals surface area contributed by atoms with Crippen LogP contribution < -0.4 is 0 Å². The molecule has 0 N–H and O–H groups in total. The Hall–Kier alpha value is -1.84. The fourth-order valence-corrected chi connectivity index (χ4v) is 1.32. The average molecular weight is 199 g/mol. The molecule has 0 saturated carbocycles. The van der Waals surface area contributed by atoms with E-state index in [0.29, 0.717) is 0 Å². The molecule has 0 amide bonds. The van der Waals surface area contributed by atoms with Crippen LogP contribution in [0.4, 0.5) is 5.69 Å². The predicted molar refractivity (Wildman–Crippen MR) is 61.4 cm³/mol. The molecule has 1 aromatic rings. The molecule has 0 unspecified atom stereocenters. The molecule has 1 rings (SSSR count). The van der Waals surface area contributed by atoms with Gasteiger partial charge in [0.25, 0.3) is 0 Å². The third-order valence-corrected chi connectivity index (χ3v) is 2.00. The molecular weight excluding hydrogens is 186 g/mol. The number of benzene rings is 1. The lowest BCUT2D eigenvalue weighted by atomic mass is 9.86. The Morgan fingerprint density at radius 3 is 2.47 bits per heavy atom. The van der Waals surface area contributed by atoms with Gasteiger partial charge < -0.3 is 0 Å². The van der Waals surface area contributed by atoms with Crippen LogP contribution in [-0.2, 0) is 10.2 Å². The van der Waals surface area contributed by atoms with Crippen molar-refractivity contribution in [3.63, 3.8) is 0 Å². The fraction of sp³-hybridized carbons (Fsp3) is 0.308. The molecule has 76 valence electrons. The lowest BCUT2D eigenvalue weighted by molar-refractivity contribution is 0.569. The Bertz CT molecular complexity index is 464. The van der Waals surface area contributed by atoms with E-state index in [1.165, 1.54) is 5.94 Å². The van der Waals surface area contributed by atoms with Gasteiger partial charge in [-0.15, -0.1) is 0 Å². The second kappa shape index (κ2) is 4.59. The molecule has 0 bridgehead atoms. The smallest absolute Gasteiger partial charge is 0.187 e. The number of para-hydroxylation sites is 1. The summed E-state index contributed by atoms with van der Waals surface area (Å²) in [4.78, 5) is 14.0. The van der Waals surface area contributed by atoms with E-state index >= 15 is 0 Å². The van der Waals surface area contributed by atoms with E-state index in [1.807, 2.05) is 24.3 Å². The predicted octanol–water partition coefficient (Wildman–Crippen LogP) is 2.83. The summed E-state index contributed by atoms with van der Waals surface area (Å²) in [5.41, 5.74) is 4.10. The van der Waals surface area contributed by atoms with Crippen molar-refractivity contribution in [3.8, 4) is 0 Å². The van der Waals surface area contributed by atoms with Crippen molar-refractivity contribution in [2.45, 2.75) is 26.2 Å². The van der Waals surface area contributed by atoms with Gasteiger partial charge in [0.15, 0.2) is 5.94 Å². The molecule has 0 fully saturated rings. The molecule has 15 heavy (non-hydrogen) atoms. The number of nitrogens with zero attached hydrogens (tertiary/aromatic N) is 1. The molecule has 0 atom stereocenters. The van der Waals surface area contributed by atoms with Crippen LogP contribution in [-0.4, -0.2) is 11.8 Å². The molecule has 0 aliphatic heterocycles. The first-order chi connectivity index (χ1) is 7.05. The van der Waals surface area contributed by atoms with E-state index in [-0.39, 0.29) is 5.41 Å². The van der Waals surface area contributed by atoms with Crippen LogP contribution in [0, 0.1) is 0 Å². The van der Waals surface area contributed by atoms with Gasteiger partial charge in [-0.2, -0.15) is 4.99 Å². The van der Waals surface area contributed by atoms with Crippen molar-refractivity contribution < 1.29 is 4.79 Å². The van der Waals surface area contributed by atoms with Crippen molar-refractivity contribution in [1.82, 2.24) is 0 Å². The minimum Gasteiger partial charge on any atom is -0.223 e. The molecule has 2 nitrogen and oxygen atoms in total. The van der Waals surface area contributed by atoms with Crippen LogP contribution in [0.1, 0.15) is 26.3 Å². The van der Waals surface area contributed by atoms with Crippen molar-refractivity contribution in [3.05, 3.63) is 35.6 Å². The number of aliphatic imine (C=N–C) groups is 1. The molecular formula is C13H13NO. The third-order valence-electron chi connectivity index (χ3n) is 2.00. The largest absolute Gasteiger partial charge is 0.223 e. The summed E-state index contributed by atoms with van der Waals surface area (Å²) in [6, 6.07) is 7.78. The molecule has 0 spiro atoms. The minimum absolute atomic E-state index is 0.0205. The van der Waals surface area contributed by atoms with Gasteiger partial charge in [0.05, 0.1) is 11.6 Å². The van der Waals surface area contributed by atoms with E-state index in [9.17, 15) is 4.79 Å². The Balaban J connectivity index is 3.31. The lowest BCUT2D eigenvalue weighted by Gasteiger charge is -2.20. The van der Waals surface area contributed by atoms with Crippen molar-refractivity contribution in [1.29, 1.82) is 0 Å². The first kappa shape index (κ1) is 11.2. The van der Waals surface area contributed by atoms with Gasteiger partial charge >= 0.3 is 0 Å². The summed E-state index contributed by atoms with van der Waals surface area (Å²) in [6.45, 7) is 6.34. The minimum atomic E-state index is 0.0205. The van der Waals surface area contributed by atoms with Crippen LogP contribution in [0.5, 0.6) is 0 Å². The highest BCUT2D eigenvalue weighted by molar-refractivity contribution is 5.67. The molecule has 0 radical (unpaired) electrons. The lowest BCUT2D eigenvalue weighted by Crippen LogP contribution is -2.10. The fourth-order valence-electron chi connectivity index (χ4n) is 1.32. The Morgan fingerprint density at radius 2 is 1.87 bits per heavy atom. The van der Waals surface area contributed by atoms with E-state index < -0.39 is 0 Å².